The van der Waals surface area contributed by atoms with Crippen molar-refractivity contribution in [2.24, 2.45) is 5.92 Å². The fourth-order valence-corrected chi connectivity index (χ4v) is 2.88. The van der Waals surface area contributed by atoms with E-state index in [1.54, 1.807) is 13.0 Å². The van der Waals surface area contributed by atoms with Crippen molar-refractivity contribution in [1.82, 2.24) is 10.2 Å². The Morgan fingerprint density at radius 3 is 2.75 bits per heavy atom. The smallest absolute Gasteiger partial charge is 0.270 e. The molecule has 0 spiro atoms. The summed E-state index contributed by atoms with van der Waals surface area (Å²) in [4.78, 5) is 24.7. The summed E-state index contributed by atoms with van der Waals surface area (Å²) in [5.74, 6) is 0.331. The summed E-state index contributed by atoms with van der Waals surface area (Å²) >= 11 is 0. The van der Waals surface area contributed by atoms with Crippen LogP contribution in [0.2, 0.25) is 0 Å². The first-order valence-electron chi connectivity index (χ1n) is 8.30. The molecule has 0 aromatic heterocycles. The minimum absolute atomic E-state index is 0.117. The predicted octanol–water partition coefficient (Wildman–Crippen LogP) is 1.73. The topological polar surface area (TPSA) is 95.7 Å². The van der Waals surface area contributed by atoms with Gasteiger partial charge in [-0.2, -0.15) is 0 Å². The quantitative estimate of drug-likeness (QED) is 0.610. The molecular weight excluding hydrogens is 310 g/mol. The second-order valence-corrected chi connectivity index (χ2v) is 6.60. The van der Waals surface area contributed by atoms with E-state index in [1.165, 1.54) is 12.1 Å². The van der Waals surface area contributed by atoms with Crippen molar-refractivity contribution in [1.29, 1.82) is 0 Å². The van der Waals surface area contributed by atoms with Gasteiger partial charge in [0, 0.05) is 30.8 Å². The summed E-state index contributed by atoms with van der Waals surface area (Å²) in [6.45, 7) is 6.56. The van der Waals surface area contributed by atoms with Crippen LogP contribution in [0.25, 0.3) is 0 Å². The zero-order valence-electron chi connectivity index (χ0n) is 14.2. The number of benzene rings is 1. The van der Waals surface area contributed by atoms with Crippen LogP contribution in [-0.2, 0) is 0 Å². The summed E-state index contributed by atoms with van der Waals surface area (Å²) in [6.07, 6.45) is 1.61. The Balaban J connectivity index is 1.86. The molecule has 1 aromatic carbocycles. The van der Waals surface area contributed by atoms with Crippen molar-refractivity contribution in [2.45, 2.75) is 32.8 Å². The second kappa shape index (κ2) is 8.21. The van der Waals surface area contributed by atoms with Gasteiger partial charge in [-0.1, -0.05) is 13.0 Å². The van der Waals surface area contributed by atoms with E-state index in [0.717, 1.165) is 31.8 Å². The Labute approximate surface area is 141 Å². The van der Waals surface area contributed by atoms with Gasteiger partial charge >= 0.3 is 0 Å². The third-order valence-electron chi connectivity index (χ3n) is 4.52. The van der Waals surface area contributed by atoms with E-state index in [0.29, 0.717) is 12.1 Å². The molecule has 7 heteroatoms. The molecule has 24 heavy (non-hydrogen) atoms. The Bertz CT molecular complexity index is 597. The molecule has 2 rings (SSSR count). The SMILES string of the molecule is Cc1ccc([N+](=O)[O-])cc1C(=O)NCC(O)CN1CCC(C)CC1. The van der Waals surface area contributed by atoms with E-state index in [-0.39, 0.29) is 17.8 Å². The lowest BCUT2D eigenvalue weighted by Crippen LogP contribution is -2.43. The first-order valence-corrected chi connectivity index (χ1v) is 8.30. The Morgan fingerprint density at radius 1 is 1.46 bits per heavy atom. The molecule has 1 saturated heterocycles. The molecule has 132 valence electrons. The van der Waals surface area contributed by atoms with Gasteiger partial charge in [-0.25, -0.2) is 0 Å². The molecule has 1 aliphatic heterocycles. The Kier molecular flexibility index (Phi) is 6.28. The minimum atomic E-state index is -0.652. The minimum Gasteiger partial charge on any atom is -0.390 e. The van der Waals surface area contributed by atoms with Gasteiger partial charge in [0.05, 0.1) is 11.0 Å². The highest BCUT2D eigenvalue weighted by atomic mass is 16.6. The summed E-state index contributed by atoms with van der Waals surface area (Å²) < 4.78 is 0. The van der Waals surface area contributed by atoms with Gasteiger partial charge in [-0.3, -0.25) is 14.9 Å². The van der Waals surface area contributed by atoms with Crippen LogP contribution < -0.4 is 5.32 Å². The van der Waals surface area contributed by atoms with Crippen LogP contribution in [0.5, 0.6) is 0 Å². The highest BCUT2D eigenvalue weighted by molar-refractivity contribution is 5.96. The van der Waals surface area contributed by atoms with Gasteiger partial charge in [0.15, 0.2) is 0 Å². The van der Waals surface area contributed by atoms with E-state index < -0.39 is 16.9 Å². The summed E-state index contributed by atoms with van der Waals surface area (Å²) in [5, 5.41) is 23.6. The molecule has 1 unspecified atom stereocenters. The number of carbonyl (C=O) groups excluding carboxylic acids is 1. The molecular formula is C17H25N3O4. The number of rotatable bonds is 6. The molecule has 0 radical (unpaired) electrons. The molecule has 0 saturated carbocycles. The lowest BCUT2D eigenvalue weighted by molar-refractivity contribution is -0.384. The zero-order valence-corrected chi connectivity index (χ0v) is 14.2. The average Bonchev–Trinajstić information content (AvgIpc) is 2.55. The van der Waals surface area contributed by atoms with Crippen LogP contribution in [-0.4, -0.2) is 53.1 Å². The van der Waals surface area contributed by atoms with Crippen molar-refractivity contribution in [2.75, 3.05) is 26.2 Å². The number of hydrogen-bond donors (Lipinski definition) is 2. The first kappa shape index (κ1) is 18.4. The number of hydrogen-bond acceptors (Lipinski definition) is 5. The lowest BCUT2D eigenvalue weighted by atomic mass is 9.99. The van der Waals surface area contributed by atoms with E-state index >= 15 is 0 Å². The van der Waals surface area contributed by atoms with Crippen LogP contribution in [0, 0.1) is 23.0 Å². The number of non-ortho nitro benzene ring substituents is 1. The molecule has 1 atom stereocenters. The second-order valence-electron chi connectivity index (χ2n) is 6.60. The standard InChI is InChI=1S/C17H25N3O4/c1-12-5-7-19(8-6-12)11-15(21)10-18-17(22)16-9-14(20(23)24)4-3-13(16)2/h3-4,9,12,15,21H,5-8,10-11H2,1-2H3,(H,18,22). The van der Waals surface area contributed by atoms with Gasteiger partial charge < -0.3 is 15.3 Å². The van der Waals surface area contributed by atoms with Gasteiger partial charge in [0.25, 0.3) is 11.6 Å². The molecule has 2 N–H and O–H groups in total. The number of likely N-dealkylation sites (tertiary alicyclic amines) is 1. The number of amides is 1. The fraction of sp³-hybridized carbons (Fsp3) is 0.588. The Hall–Kier alpha value is -1.99. The van der Waals surface area contributed by atoms with Gasteiger partial charge in [0.1, 0.15) is 0 Å². The number of piperidine rings is 1. The number of aliphatic hydroxyl groups excluding tert-OH is 1. The predicted molar refractivity (Wildman–Crippen MR) is 91.0 cm³/mol. The largest absolute Gasteiger partial charge is 0.390 e. The van der Waals surface area contributed by atoms with Crippen molar-refractivity contribution in [3.05, 3.63) is 39.4 Å². The lowest BCUT2D eigenvalue weighted by Gasteiger charge is -2.31. The van der Waals surface area contributed by atoms with Gasteiger partial charge in [-0.05, 0) is 44.3 Å². The normalized spacial score (nSPS) is 17.5. The number of nitrogens with one attached hydrogen (secondary N) is 1. The number of β-amino-alcohol motifs (C(OH)–C–C–N with tert-alkyl or cyclic N) is 1. The van der Waals surface area contributed by atoms with Crippen LogP contribution >= 0.6 is 0 Å². The van der Waals surface area contributed by atoms with E-state index in [9.17, 15) is 20.0 Å². The zero-order chi connectivity index (χ0) is 17.7. The average molecular weight is 335 g/mol. The third-order valence-corrected chi connectivity index (χ3v) is 4.52. The van der Waals surface area contributed by atoms with Crippen molar-refractivity contribution in [3.8, 4) is 0 Å². The maximum atomic E-state index is 12.2. The van der Waals surface area contributed by atoms with E-state index in [1.807, 2.05) is 0 Å². The first-order chi connectivity index (χ1) is 11.4. The molecule has 1 amide bonds. The summed E-state index contributed by atoms with van der Waals surface area (Å²) in [7, 11) is 0. The number of aliphatic hydroxyl groups is 1. The summed E-state index contributed by atoms with van der Waals surface area (Å²) in [6, 6.07) is 4.19. The molecule has 7 nitrogen and oxygen atoms in total. The molecule has 0 aliphatic carbocycles. The van der Waals surface area contributed by atoms with Crippen molar-refractivity contribution in [3.63, 3.8) is 0 Å². The molecule has 0 bridgehead atoms. The van der Waals surface area contributed by atoms with Crippen LogP contribution in [0.15, 0.2) is 18.2 Å². The van der Waals surface area contributed by atoms with Crippen LogP contribution in [0.1, 0.15) is 35.7 Å². The molecule has 1 aliphatic rings. The third kappa shape index (κ3) is 5.01. The summed E-state index contributed by atoms with van der Waals surface area (Å²) in [5.41, 5.74) is 0.814. The molecule has 1 heterocycles. The van der Waals surface area contributed by atoms with E-state index in [4.69, 9.17) is 0 Å². The van der Waals surface area contributed by atoms with E-state index in [2.05, 4.69) is 17.1 Å². The highest BCUT2D eigenvalue weighted by Crippen LogP contribution is 2.18. The Morgan fingerprint density at radius 2 is 2.12 bits per heavy atom. The molecule has 1 fully saturated rings. The van der Waals surface area contributed by atoms with Crippen LogP contribution in [0.4, 0.5) is 5.69 Å². The number of nitro benzene ring substituents is 1. The fourth-order valence-electron chi connectivity index (χ4n) is 2.88. The highest BCUT2D eigenvalue weighted by Gasteiger charge is 2.19. The van der Waals surface area contributed by atoms with Crippen LogP contribution in [0.3, 0.4) is 0 Å². The van der Waals surface area contributed by atoms with Gasteiger partial charge in [-0.15, -0.1) is 0 Å². The van der Waals surface area contributed by atoms with Crippen molar-refractivity contribution >= 4 is 11.6 Å². The number of carbonyl (C=O) groups is 1. The maximum Gasteiger partial charge on any atom is 0.270 e. The van der Waals surface area contributed by atoms with Crippen molar-refractivity contribution < 1.29 is 14.8 Å². The monoisotopic (exact) mass is 335 g/mol. The molecule has 1 aromatic rings. The number of nitrogens with zero attached hydrogens (tertiary/aromatic N) is 2. The number of aryl methyl sites for hydroxylation is 1. The maximum absolute atomic E-state index is 12.2. The van der Waals surface area contributed by atoms with Gasteiger partial charge in [0.2, 0.25) is 0 Å². The number of nitro groups is 1.